The van der Waals surface area contributed by atoms with Gasteiger partial charge in [-0.3, -0.25) is 4.79 Å². The predicted molar refractivity (Wildman–Crippen MR) is 141 cm³/mol. The molecule has 2 fully saturated rings. The van der Waals surface area contributed by atoms with Crippen molar-refractivity contribution in [3.8, 4) is 0 Å². The first-order chi connectivity index (χ1) is 17.2. The van der Waals surface area contributed by atoms with Gasteiger partial charge in [-0.05, 0) is 86.6 Å². The summed E-state index contributed by atoms with van der Waals surface area (Å²) < 4.78 is 30.3. The number of aliphatic hydroxyl groups is 1. The van der Waals surface area contributed by atoms with Crippen LogP contribution in [0.3, 0.4) is 0 Å². The number of halogens is 1. The Morgan fingerprint density at radius 3 is 1.95 bits per heavy atom. The maximum Gasteiger partial charge on any atom is 0.408 e. The molecular weight excluding hydrogens is 513 g/mol. The molecule has 2 aliphatic carbocycles. The number of benzene rings is 1. The Bertz CT molecular complexity index is 1060. The number of fused-ring (bicyclic) bond motifs is 1. The minimum atomic E-state index is -1.76. The Hall–Kier alpha value is -2.33. The first-order valence-corrected chi connectivity index (χ1v) is 13.8. The lowest BCUT2D eigenvalue weighted by Crippen LogP contribution is -2.64. The number of rotatable bonds is 6. The minimum absolute atomic E-state index is 0.190. The van der Waals surface area contributed by atoms with E-state index < -0.39 is 70.1 Å². The van der Waals surface area contributed by atoms with E-state index in [9.17, 15) is 23.9 Å². The van der Waals surface area contributed by atoms with Gasteiger partial charge in [0.2, 0.25) is 0 Å². The summed E-state index contributed by atoms with van der Waals surface area (Å²) in [4.78, 5) is 41.0. The summed E-state index contributed by atoms with van der Waals surface area (Å²) in [5.41, 5.74) is -4.30. The van der Waals surface area contributed by atoms with Gasteiger partial charge in [0, 0.05) is 28.4 Å². The van der Waals surface area contributed by atoms with Crippen molar-refractivity contribution in [2.75, 3.05) is 5.75 Å². The van der Waals surface area contributed by atoms with Crippen LogP contribution in [0.1, 0.15) is 62.3 Å². The van der Waals surface area contributed by atoms with Crippen LogP contribution in [-0.2, 0) is 23.8 Å². The van der Waals surface area contributed by atoms with Crippen LogP contribution in [0.2, 0.25) is 0 Å². The van der Waals surface area contributed by atoms with Crippen LogP contribution in [0, 0.1) is 29.5 Å². The van der Waals surface area contributed by atoms with Crippen molar-refractivity contribution < 1.29 is 38.1 Å². The van der Waals surface area contributed by atoms with Crippen LogP contribution >= 0.6 is 11.8 Å². The molecule has 0 bridgehead atoms. The van der Waals surface area contributed by atoms with E-state index in [1.807, 2.05) is 0 Å². The lowest BCUT2D eigenvalue weighted by atomic mass is 9.80. The maximum atomic E-state index is 14.0. The van der Waals surface area contributed by atoms with Gasteiger partial charge >= 0.3 is 18.0 Å². The summed E-state index contributed by atoms with van der Waals surface area (Å²) in [6, 6.07) is 5.84. The van der Waals surface area contributed by atoms with Gasteiger partial charge in [0.1, 0.15) is 22.6 Å². The monoisotopic (exact) mass is 553 g/mol. The summed E-state index contributed by atoms with van der Waals surface area (Å²) >= 11 is 1.31. The number of aliphatic hydroxyl groups excluding tert-OH is 1. The molecule has 0 aromatic heterocycles. The third-order valence-corrected chi connectivity index (χ3v) is 7.49. The second-order valence-corrected chi connectivity index (χ2v) is 14.1. The largest absolute Gasteiger partial charge is 0.460 e. The maximum absolute atomic E-state index is 14.0. The molecule has 212 valence electrons. The average Bonchev–Trinajstić information content (AvgIpc) is 3.41. The van der Waals surface area contributed by atoms with Crippen molar-refractivity contribution in [2.45, 2.75) is 95.7 Å². The van der Waals surface area contributed by atoms with Crippen LogP contribution < -0.4 is 5.32 Å². The summed E-state index contributed by atoms with van der Waals surface area (Å²) in [5, 5.41) is 14.2. The smallest absolute Gasteiger partial charge is 0.408 e. The number of amides is 1. The Labute approximate surface area is 228 Å². The number of hydrogen-bond donors (Lipinski definition) is 2. The number of alkyl carbamates (subject to hydrolysis) is 1. The van der Waals surface area contributed by atoms with Gasteiger partial charge in [0.15, 0.2) is 5.54 Å². The van der Waals surface area contributed by atoms with Crippen LogP contribution in [0.5, 0.6) is 0 Å². The number of carbonyl (C=O) groups is 3. The molecule has 8 nitrogen and oxygen atoms in total. The molecule has 2 saturated carbocycles. The van der Waals surface area contributed by atoms with Crippen molar-refractivity contribution in [3.05, 3.63) is 30.1 Å². The highest BCUT2D eigenvalue weighted by Crippen LogP contribution is 2.66. The first kappa shape index (κ1) is 30.2. The van der Waals surface area contributed by atoms with Crippen molar-refractivity contribution in [2.24, 2.45) is 23.7 Å². The van der Waals surface area contributed by atoms with Gasteiger partial charge in [-0.1, -0.05) is 0 Å². The molecule has 2 N–H and O–H groups in total. The van der Waals surface area contributed by atoms with Gasteiger partial charge in [-0.25, -0.2) is 14.0 Å². The highest BCUT2D eigenvalue weighted by atomic mass is 32.2. The van der Waals surface area contributed by atoms with Crippen molar-refractivity contribution in [1.82, 2.24) is 5.32 Å². The molecule has 2 aliphatic rings. The van der Waals surface area contributed by atoms with E-state index in [-0.39, 0.29) is 11.6 Å². The standard InChI is InChI=1S/C28H40FNO7S/c1-25(2,3)35-22(32)19-18-20(19)28(23(33)36-26(4,5)6,30-24(34)37-27(7,8)9)17(21(18)31)14-38-16-12-10-15(29)11-13-16/h10-13,17-21,31H,14H2,1-9H3,(H,30,34)/t17-,18+,19+,20+,21-,28+/m1/s1. The van der Waals surface area contributed by atoms with E-state index in [4.69, 9.17) is 14.2 Å². The van der Waals surface area contributed by atoms with Crippen LogP contribution in [0.4, 0.5) is 9.18 Å². The minimum Gasteiger partial charge on any atom is -0.460 e. The van der Waals surface area contributed by atoms with Crippen molar-refractivity contribution in [3.63, 3.8) is 0 Å². The van der Waals surface area contributed by atoms with Gasteiger partial charge < -0.3 is 24.6 Å². The highest BCUT2D eigenvalue weighted by molar-refractivity contribution is 7.99. The second kappa shape index (κ2) is 10.3. The van der Waals surface area contributed by atoms with E-state index in [0.29, 0.717) is 0 Å². The Kier molecular flexibility index (Phi) is 8.22. The van der Waals surface area contributed by atoms with Crippen LogP contribution in [0.15, 0.2) is 29.2 Å². The normalized spacial score (nSPS) is 28.8. The molecule has 6 atom stereocenters. The number of esters is 2. The third kappa shape index (κ3) is 6.81. The fourth-order valence-corrected chi connectivity index (χ4v) is 6.26. The quantitative estimate of drug-likeness (QED) is 0.296. The molecular formula is C28H40FNO7S. The molecule has 1 amide bonds. The Balaban J connectivity index is 2.04. The van der Waals surface area contributed by atoms with Gasteiger partial charge in [0.05, 0.1) is 12.0 Å². The zero-order valence-corrected chi connectivity index (χ0v) is 24.4. The van der Waals surface area contributed by atoms with E-state index in [1.54, 1.807) is 74.4 Å². The summed E-state index contributed by atoms with van der Waals surface area (Å²) in [6.45, 7) is 15.4. The molecule has 1 aromatic carbocycles. The number of thioether (sulfide) groups is 1. The van der Waals surface area contributed by atoms with E-state index in [0.717, 1.165) is 4.90 Å². The summed E-state index contributed by atoms with van der Waals surface area (Å²) in [5.74, 6) is -4.50. The van der Waals surface area contributed by atoms with Crippen LogP contribution in [0.25, 0.3) is 0 Å². The third-order valence-electron chi connectivity index (χ3n) is 6.36. The molecule has 0 saturated heterocycles. The van der Waals surface area contributed by atoms with E-state index in [2.05, 4.69) is 5.32 Å². The molecule has 38 heavy (non-hydrogen) atoms. The SMILES string of the molecule is CC(C)(C)OC(=O)N[C@]1(C(=O)OC(C)(C)C)[C@@H]2[C@@H](C(=O)OC(C)(C)C)[C@@H]2[C@H](O)[C@H]1CSc1ccc(F)cc1. The number of ether oxygens (including phenoxy) is 3. The fourth-order valence-electron chi connectivity index (χ4n) is 5.10. The average molecular weight is 554 g/mol. The molecule has 0 unspecified atom stereocenters. The number of nitrogens with one attached hydrogen (secondary N) is 1. The lowest BCUT2D eigenvalue weighted by molar-refractivity contribution is -0.169. The van der Waals surface area contributed by atoms with Crippen molar-refractivity contribution in [1.29, 1.82) is 0 Å². The molecule has 0 radical (unpaired) electrons. The zero-order chi connectivity index (χ0) is 28.8. The molecule has 3 rings (SSSR count). The van der Waals surface area contributed by atoms with Crippen LogP contribution in [-0.4, -0.2) is 57.3 Å². The Morgan fingerprint density at radius 1 is 0.921 bits per heavy atom. The Morgan fingerprint density at radius 2 is 1.45 bits per heavy atom. The zero-order valence-electron chi connectivity index (χ0n) is 23.6. The molecule has 1 aromatic rings. The fraction of sp³-hybridized carbons (Fsp3) is 0.679. The summed E-state index contributed by atoms with van der Waals surface area (Å²) in [6.07, 6.45) is -1.98. The molecule has 0 aliphatic heterocycles. The van der Waals surface area contributed by atoms with E-state index in [1.165, 1.54) is 23.9 Å². The van der Waals surface area contributed by atoms with Gasteiger partial charge in [0.25, 0.3) is 0 Å². The van der Waals surface area contributed by atoms with E-state index >= 15 is 0 Å². The predicted octanol–water partition coefficient (Wildman–Crippen LogP) is 4.72. The van der Waals surface area contributed by atoms with Gasteiger partial charge in [-0.2, -0.15) is 0 Å². The molecule has 10 heteroatoms. The summed E-state index contributed by atoms with van der Waals surface area (Å²) in [7, 11) is 0. The van der Waals surface area contributed by atoms with Gasteiger partial charge in [-0.15, -0.1) is 11.8 Å². The number of hydrogen-bond acceptors (Lipinski definition) is 8. The second-order valence-electron chi connectivity index (χ2n) is 13.0. The number of carbonyl (C=O) groups excluding carboxylic acids is 3. The molecule has 0 heterocycles. The molecule has 0 spiro atoms. The van der Waals surface area contributed by atoms with Crippen molar-refractivity contribution >= 4 is 29.8 Å². The first-order valence-electron chi connectivity index (χ1n) is 12.8. The highest BCUT2D eigenvalue weighted by Gasteiger charge is 2.80. The topological polar surface area (TPSA) is 111 Å². The lowest BCUT2D eigenvalue weighted by Gasteiger charge is -2.40.